The Hall–Kier alpha value is -2.31. The molecule has 0 saturated carbocycles. The van der Waals surface area contributed by atoms with Crippen LogP contribution in [0.5, 0.6) is 5.75 Å². The van der Waals surface area contributed by atoms with Crippen LogP contribution in [0.15, 0.2) is 41.3 Å². The summed E-state index contributed by atoms with van der Waals surface area (Å²) >= 11 is 7.50. The highest BCUT2D eigenvalue weighted by atomic mass is 35.5. The molecule has 1 aromatic heterocycles. The number of unbranched alkanes of at least 4 members (excludes halogenated alkanes) is 1. The second-order valence-corrected chi connectivity index (χ2v) is 7.60. The summed E-state index contributed by atoms with van der Waals surface area (Å²) in [7, 11) is 1.47. The molecule has 142 valence electrons. The lowest BCUT2D eigenvalue weighted by atomic mass is 9.99. The van der Waals surface area contributed by atoms with Gasteiger partial charge in [0.2, 0.25) is 0 Å². The molecule has 1 aliphatic rings. The summed E-state index contributed by atoms with van der Waals surface area (Å²) in [5.74, 6) is -1.09. The molecular formula is C20H20ClNO4S. The topological polar surface area (TPSA) is 66.8 Å². The minimum atomic E-state index is -0.670. The van der Waals surface area contributed by atoms with Crippen LogP contribution < -0.4 is 4.74 Å². The molecule has 1 aliphatic heterocycles. The number of amides is 1. The largest absolute Gasteiger partial charge is 0.507 e. The molecule has 27 heavy (non-hydrogen) atoms. The van der Waals surface area contributed by atoms with E-state index in [4.69, 9.17) is 16.3 Å². The van der Waals surface area contributed by atoms with Gasteiger partial charge in [-0.3, -0.25) is 9.59 Å². The molecule has 2 aromatic rings. The molecule has 1 aromatic carbocycles. The number of likely N-dealkylation sites (tertiary alicyclic amines) is 1. The van der Waals surface area contributed by atoms with E-state index in [1.165, 1.54) is 18.4 Å². The van der Waals surface area contributed by atoms with Gasteiger partial charge in [0.05, 0.1) is 23.7 Å². The Morgan fingerprint density at radius 1 is 1.33 bits per heavy atom. The van der Waals surface area contributed by atoms with Gasteiger partial charge in [-0.2, -0.15) is 0 Å². The van der Waals surface area contributed by atoms with Gasteiger partial charge in [0.15, 0.2) is 0 Å². The van der Waals surface area contributed by atoms with Crippen LogP contribution in [-0.4, -0.2) is 35.4 Å². The third-order valence-corrected chi connectivity index (χ3v) is 5.77. The second-order valence-electron chi connectivity index (χ2n) is 6.21. The minimum Gasteiger partial charge on any atom is -0.507 e. The summed E-state index contributed by atoms with van der Waals surface area (Å²) < 4.78 is 5.19. The van der Waals surface area contributed by atoms with Crippen LogP contribution in [0.2, 0.25) is 5.02 Å². The Morgan fingerprint density at radius 2 is 2.11 bits per heavy atom. The standard InChI is InChI=1S/C20H20ClNO4S/c1-3-4-9-22-17(15-6-5-10-27-15)16(19(24)20(22)25)18(23)12-7-8-13(21)14(11-12)26-2/h5-8,10-11,17,23H,3-4,9H2,1-2H3/b18-16-. The lowest BCUT2D eigenvalue weighted by Gasteiger charge is -2.23. The van der Waals surface area contributed by atoms with Gasteiger partial charge in [-0.15, -0.1) is 11.3 Å². The Labute approximate surface area is 166 Å². The number of aliphatic hydroxyl groups is 1. The Kier molecular flexibility index (Phi) is 5.87. The highest BCUT2D eigenvalue weighted by molar-refractivity contribution is 7.10. The first-order chi connectivity index (χ1) is 13.0. The van der Waals surface area contributed by atoms with Crippen LogP contribution in [-0.2, 0) is 9.59 Å². The number of rotatable bonds is 6. The first-order valence-electron chi connectivity index (χ1n) is 8.65. The number of nitrogens with zero attached hydrogens (tertiary/aromatic N) is 1. The van der Waals surface area contributed by atoms with Crippen molar-refractivity contribution in [1.29, 1.82) is 0 Å². The monoisotopic (exact) mass is 405 g/mol. The van der Waals surface area contributed by atoms with E-state index < -0.39 is 17.7 Å². The third kappa shape index (κ3) is 3.59. The number of ketones is 1. The van der Waals surface area contributed by atoms with E-state index >= 15 is 0 Å². The summed E-state index contributed by atoms with van der Waals surface area (Å²) in [5, 5.41) is 13.2. The van der Waals surface area contributed by atoms with Crippen molar-refractivity contribution in [3.63, 3.8) is 0 Å². The Balaban J connectivity index is 2.14. The van der Waals surface area contributed by atoms with E-state index in [-0.39, 0.29) is 11.3 Å². The molecule has 5 nitrogen and oxygen atoms in total. The van der Waals surface area contributed by atoms with E-state index in [2.05, 4.69) is 0 Å². The average molecular weight is 406 g/mol. The molecule has 1 fully saturated rings. The summed E-state index contributed by atoms with van der Waals surface area (Å²) in [6.07, 6.45) is 1.68. The smallest absolute Gasteiger partial charge is 0.295 e. The predicted molar refractivity (Wildman–Crippen MR) is 106 cm³/mol. The van der Waals surface area contributed by atoms with E-state index in [1.807, 2.05) is 24.4 Å². The van der Waals surface area contributed by atoms with Gasteiger partial charge in [-0.05, 0) is 36.1 Å². The zero-order chi connectivity index (χ0) is 19.6. The van der Waals surface area contributed by atoms with Crippen LogP contribution >= 0.6 is 22.9 Å². The van der Waals surface area contributed by atoms with Crippen molar-refractivity contribution >= 4 is 40.4 Å². The molecule has 0 spiro atoms. The van der Waals surface area contributed by atoms with Gasteiger partial charge in [0, 0.05) is 17.0 Å². The fourth-order valence-corrected chi connectivity index (χ4v) is 4.18. The Bertz CT molecular complexity index is 891. The van der Waals surface area contributed by atoms with Crippen molar-refractivity contribution < 1.29 is 19.4 Å². The summed E-state index contributed by atoms with van der Waals surface area (Å²) in [6.45, 7) is 2.49. The van der Waals surface area contributed by atoms with Crippen LogP contribution in [0.25, 0.3) is 5.76 Å². The summed E-state index contributed by atoms with van der Waals surface area (Å²) in [5.41, 5.74) is 0.481. The normalized spacial score (nSPS) is 18.9. The zero-order valence-electron chi connectivity index (χ0n) is 15.1. The number of halogens is 1. The molecule has 1 amide bonds. The van der Waals surface area contributed by atoms with Crippen LogP contribution in [0.1, 0.15) is 36.2 Å². The van der Waals surface area contributed by atoms with Crippen molar-refractivity contribution in [3.05, 3.63) is 56.7 Å². The molecule has 2 heterocycles. The number of hydrogen-bond donors (Lipinski definition) is 1. The second kappa shape index (κ2) is 8.15. The number of methoxy groups -OCH3 is 1. The minimum absolute atomic E-state index is 0.0999. The van der Waals surface area contributed by atoms with E-state index in [1.54, 1.807) is 23.1 Å². The number of aliphatic hydroxyl groups excluding tert-OH is 1. The molecule has 1 N–H and O–H groups in total. The molecule has 0 bridgehead atoms. The molecule has 1 unspecified atom stereocenters. The molecule has 7 heteroatoms. The number of ether oxygens (including phenoxy) is 1. The van der Waals surface area contributed by atoms with E-state index in [9.17, 15) is 14.7 Å². The first-order valence-corrected chi connectivity index (χ1v) is 9.91. The molecule has 3 rings (SSSR count). The number of carbonyl (C=O) groups excluding carboxylic acids is 2. The molecule has 0 radical (unpaired) electrons. The lowest BCUT2D eigenvalue weighted by Crippen LogP contribution is -2.30. The molecule has 0 aliphatic carbocycles. The number of Topliss-reactive ketones (excluding diaryl/α,β-unsaturated/α-hetero) is 1. The van der Waals surface area contributed by atoms with Crippen molar-refractivity contribution in [2.24, 2.45) is 0 Å². The predicted octanol–water partition coefficient (Wildman–Crippen LogP) is 4.63. The Morgan fingerprint density at radius 3 is 2.74 bits per heavy atom. The van der Waals surface area contributed by atoms with Gasteiger partial charge in [-0.25, -0.2) is 0 Å². The maximum atomic E-state index is 12.8. The van der Waals surface area contributed by atoms with Crippen molar-refractivity contribution in [2.45, 2.75) is 25.8 Å². The average Bonchev–Trinajstić information content (AvgIpc) is 3.28. The number of carbonyl (C=O) groups is 2. The van der Waals surface area contributed by atoms with Gasteiger partial charge in [0.25, 0.3) is 11.7 Å². The van der Waals surface area contributed by atoms with Gasteiger partial charge in [0.1, 0.15) is 11.5 Å². The molecule has 1 saturated heterocycles. The third-order valence-electron chi connectivity index (χ3n) is 4.53. The zero-order valence-corrected chi connectivity index (χ0v) is 16.6. The van der Waals surface area contributed by atoms with Crippen molar-refractivity contribution in [3.8, 4) is 5.75 Å². The SMILES string of the molecule is CCCCN1C(=O)C(=O)/C(=C(\O)c2ccc(Cl)c(OC)c2)C1c1cccs1. The highest BCUT2D eigenvalue weighted by Gasteiger charge is 2.46. The van der Waals surface area contributed by atoms with E-state index in [0.717, 1.165) is 17.7 Å². The van der Waals surface area contributed by atoms with Crippen LogP contribution in [0.3, 0.4) is 0 Å². The highest BCUT2D eigenvalue weighted by Crippen LogP contribution is 2.41. The number of benzene rings is 1. The summed E-state index contributed by atoms with van der Waals surface area (Å²) in [6, 6.07) is 7.90. The van der Waals surface area contributed by atoms with Gasteiger partial charge < -0.3 is 14.7 Å². The van der Waals surface area contributed by atoms with Crippen LogP contribution in [0, 0.1) is 0 Å². The van der Waals surface area contributed by atoms with Gasteiger partial charge >= 0.3 is 0 Å². The van der Waals surface area contributed by atoms with Crippen LogP contribution in [0.4, 0.5) is 0 Å². The number of thiophene rings is 1. The quantitative estimate of drug-likeness (QED) is 0.432. The maximum Gasteiger partial charge on any atom is 0.295 e. The fourth-order valence-electron chi connectivity index (χ4n) is 3.14. The summed E-state index contributed by atoms with van der Waals surface area (Å²) in [4.78, 5) is 27.8. The van der Waals surface area contributed by atoms with Gasteiger partial charge in [-0.1, -0.05) is 31.0 Å². The van der Waals surface area contributed by atoms with E-state index in [0.29, 0.717) is 22.9 Å². The van der Waals surface area contributed by atoms with Crippen molar-refractivity contribution in [2.75, 3.05) is 13.7 Å². The number of hydrogen-bond acceptors (Lipinski definition) is 5. The lowest BCUT2D eigenvalue weighted by molar-refractivity contribution is -0.139. The fraction of sp³-hybridized carbons (Fsp3) is 0.300. The molecule has 1 atom stereocenters. The first kappa shape index (κ1) is 19.5. The van der Waals surface area contributed by atoms with Crippen molar-refractivity contribution in [1.82, 2.24) is 4.90 Å². The molecular weight excluding hydrogens is 386 g/mol. The maximum absolute atomic E-state index is 12.8.